The molecule has 0 aromatic heterocycles. The number of carbonyl (C=O) groups is 2. The van der Waals surface area contributed by atoms with Crippen molar-refractivity contribution in [2.24, 2.45) is 0 Å². The standard InChI is InChI=1S/C25H28F4N2O6/c1-34-23(32)3-2-14-35-18-9-11-20(12-10-18)36-19-7-4-16(5-8-19)30-24(33)31-17-6-13-22(21(26)15-17)37-25(27,28)29/h6,9-13,15-16,19H,2-5,7-8,14H2,1H3,(H2,30,31,33). The topological polar surface area (TPSA) is 95.1 Å². The fourth-order valence-electron chi connectivity index (χ4n) is 3.78. The monoisotopic (exact) mass is 528 g/mol. The predicted octanol–water partition coefficient (Wildman–Crippen LogP) is 5.57. The highest BCUT2D eigenvalue weighted by Crippen LogP contribution is 2.28. The molecule has 1 fully saturated rings. The summed E-state index contributed by atoms with van der Waals surface area (Å²) < 4.78 is 70.3. The Hall–Kier alpha value is -3.70. The number of carbonyl (C=O) groups excluding carboxylic acids is 2. The van der Waals surface area contributed by atoms with E-state index in [9.17, 15) is 27.2 Å². The quantitative estimate of drug-likeness (QED) is 0.238. The SMILES string of the molecule is COC(=O)CCCOc1ccc(OC2CCC(NC(=O)Nc3ccc(OC(F)(F)F)c(F)c3)CC2)cc1. The minimum atomic E-state index is -5.01. The van der Waals surface area contributed by atoms with Gasteiger partial charge < -0.3 is 29.6 Å². The Kier molecular flexibility index (Phi) is 9.81. The summed E-state index contributed by atoms with van der Waals surface area (Å²) in [6, 6.07) is 9.14. The first-order valence-corrected chi connectivity index (χ1v) is 11.7. The van der Waals surface area contributed by atoms with Gasteiger partial charge in [0.2, 0.25) is 0 Å². The maximum atomic E-state index is 13.8. The number of alkyl halides is 3. The highest BCUT2D eigenvalue weighted by Gasteiger charge is 2.32. The molecule has 202 valence electrons. The molecule has 0 unspecified atom stereocenters. The third-order valence-corrected chi connectivity index (χ3v) is 5.57. The van der Waals surface area contributed by atoms with Gasteiger partial charge in [-0.15, -0.1) is 13.2 Å². The van der Waals surface area contributed by atoms with Gasteiger partial charge in [0.05, 0.1) is 19.8 Å². The van der Waals surface area contributed by atoms with Gasteiger partial charge in [0, 0.05) is 24.2 Å². The van der Waals surface area contributed by atoms with Gasteiger partial charge in [-0.2, -0.15) is 0 Å². The van der Waals surface area contributed by atoms with Gasteiger partial charge in [0.25, 0.3) is 0 Å². The first kappa shape index (κ1) is 27.9. The van der Waals surface area contributed by atoms with Gasteiger partial charge in [-0.25, -0.2) is 9.18 Å². The molecular formula is C25H28F4N2O6. The summed E-state index contributed by atoms with van der Waals surface area (Å²) in [7, 11) is 1.34. The smallest absolute Gasteiger partial charge is 0.494 e. The molecule has 2 aromatic carbocycles. The summed E-state index contributed by atoms with van der Waals surface area (Å²) in [6.45, 7) is 0.395. The molecule has 8 nitrogen and oxygen atoms in total. The summed E-state index contributed by atoms with van der Waals surface area (Å²) >= 11 is 0. The second-order valence-corrected chi connectivity index (χ2v) is 8.38. The second kappa shape index (κ2) is 13.0. The van der Waals surface area contributed by atoms with Crippen LogP contribution in [0.5, 0.6) is 17.2 Å². The lowest BCUT2D eigenvalue weighted by Gasteiger charge is -2.29. The number of hydrogen-bond donors (Lipinski definition) is 2. The zero-order valence-corrected chi connectivity index (χ0v) is 20.1. The highest BCUT2D eigenvalue weighted by atomic mass is 19.4. The van der Waals surface area contributed by atoms with Gasteiger partial charge in [-0.1, -0.05) is 0 Å². The number of hydrogen-bond acceptors (Lipinski definition) is 6. The Morgan fingerprint density at radius 1 is 1.00 bits per heavy atom. The average molecular weight is 528 g/mol. The van der Waals surface area contributed by atoms with Crippen LogP contribution in [0.4, 0.5) is 28.0 Å². The molecule has 0 radical (unpaired) electrons. The van der Waals surface area contributed by atoms with Gasteiger partial charge in [0.15, 0.2) is 11.6 Å². The van der Waals surface area contributed by atoms with Crippen LogP contribution in [0.25, 0.3) is 0 Å². The van der Waals surface area contributed by atoms with Gasteiger partial charge >= 0.3 is 18.4 Å². The molecule has 3 rings (SSSR count). The molecule has 2 aromatic rings. The molecule has 0 spiro atoms. The Morgan fingerprint density at radius 2 is 1.68 bits per heavy atom. The predicted molar refractivity (Wildman–Crippen MR) is 125 cm³/mol. The number of rotatable bonds is 10. The van der Waals surface area contributed by atoms with Crippen LogP contribution in [-0.2, 0) is 9.53 Å². The zero-order valence-electron chi connectivity index (χ0n) is 20.1. The third kappa shape index (κ3) is 9.70. The summed E-state index contributed by atoms with van der Waals surface area (Å²) in [5.74, 6) is -1.14. The van der Waals surface area contributed by atoms with Crippen LogP contribution in [-0.4, -0.2) is 44.2 Å². The molecule has 1 aliphatic rings. The number of halogens is 4. The second-order valence-electron chi connectivity index (χ2n) is 8.38. The van der Waals surface area contributed by atoms with E-state index in [1.807, 2.05) is 0 Å². The van der Waals surface area contributed by atoms with Crippen molar-refractivity contribution < 1.29 is 46.1 Å². The molecule has 0 saturated heterocycles. The van der Waals surface area contributed by atoms with E-state index >= 15 is 0 Å². The lowest BCUT2D eigenvalue weighted by atomic mass is 9.93. The van der Waals surface area contributed by atoms with Crippen molar-refractivity contribution in [1.82, 2.24) is 5.32 Å². The molecule has 12 heteroatoms. The summed E-state index contributed by atoms with van der Waals surface area (Å²) in [5, 5.41) is 5.19. The van der Waals surface area contributed by atoms with E-state index in [0.717, 1.165) is 18.2 Å². The summed E-state index contributed by atoms with van der Waals surface area (Å²) in [4.78, 5) is 23.3. The van der Waals surface area contributed by atoms with Crippen molar-refractivity contribution in [3.63, 3.8) is 0 Å². The van der Waals surface area contributed by atoms with Crippen molar-refractivity contribution in [3.05, 3.63) is 48.3 Å². The zero-order chi connectivity index (χ0) is 26.8. The molecule has 0 heterocycles. The molecular weight excluding hydrogens is 500 g/mol. The molecule has 0 atom stereocenters. The van der Waals surface area contributed by atoms with Crippen LogP contribution in [0, 0.1) is 5.82 Å². The maximum absolute atomic E-state index is 13.8. The number of amides is 2. The Balaban J connectivity index is 1.36. The third-order valence-electron chi connectivity index (χ3n) is 5.57. The van der Waals surface area contributed by atoms with Crippen LogP contribution in [0.2, 0.25) is 0 Å². The van der Waals surface area contributed by atoms with E-state index in [2.05, 4.69) is 20.1 Å². The van der Waals surface area contributed by atoms with E-state index < -0.39 is 24.0 Å². The number of ether oxygens (including phenoxy) is 4. The first-order valence-electron chi connectivity index (χ1n) is 11.7. The van der Waals surface area contributed by atoms with E-state index in [4.69, 9.17) is 9.47 Å². The number of urea groups is 1. The van der Waals surface area contributed by atoms with Gasteiger partial charge in [-0.05, 0) is 68.5 Å². The largest absolute Gasteiger partial charge is 0.573 e. The molecule has 2 N–H and O–H groups in total. The normalized spacial score (nSPS) is 17.4. The van der Waals surface area contributed by atoms with Crippen LogP contribution in [0.15, 0.2) is 42.5 Å². The van der Waals surface area contributed by atoms with E-state index in [1.54, 1.807) is 24.3 Å². The number of nitrogens with one attached hydrogen (secondary N) is 2. The molecule has 2 amide bonds. The van der Waals surface area contributed by atoms with Gasteiger partial charge in [-0.3, -0.25) is 4.79 Å². The Labute approximate surface area is 211 Å². The maximum Gasteiger partial charge on any atom is 0.573 e. The Morgan fingerprint density at radius 3 is 2.30 bits per heavy atom. The minimum absolute atomic E-state index is 0.00237. The van der Waals surface area contributed by atoms with E-state index in [0.29, 0.717) is 56.6 Å². The lowest BCUT2D eigenvalue weighted by molar-refractivity contribution is -0.275. The van der Waals surface area contributed by atoms with Gasteiger partial charge in [0.1, 0.15) is 11.5 Å². The summed E-state index contributed by atoms with van der Waals surface area (Å²) in [5.41, 5.74) is -0.00237. The molecule has 37 heavy (non-hydrogen) atoms. The molecule has 0 aliphatic heterocycles. The number of esters is 1. The fraction of sp³-hybridized carbons (Fsp3) is 0.440. The van der Waals surface area contributed by atoms with E-state index in [1.165, 1.54) is 7.11 Å². The van der Waals surface area contributed by atoms with Crippen molar-refractivity contribution in [2.75, 3.05) is 19.0 Å². The van der Waals surface area contributed by atoms with E-state index in [-0.39, 0.29) is 23.8 Å². The van der Waals surface area contributed by atoms with Crippen molar-refractivity contribution in [2.45, 2.75) is 57.0 Å². The highest BCUT2D eigenvalue weighted by molar-refractivity contribution is 5.89. The van der Waals surface area contributed by atoms with Crippen molar-refractivity contribution >= 4 is 17.7 Å². The lowest BCUT2D eigenvalue weighted by Crippen LogP contribution is -2.41. The number of anilines is 1. The number of methoxy groups -OCH3 is 1. The molecule has 1 saturated carbocycles. The van der Waals surface area contributed by atoms with Crippen LogP contribution >= 0.6 is 0 Å². The van der Waals surface area contributed by atoms with Crippen molar-refractivity contribution in [3.8, 4) is 17.2 Å². The van der Waals surface area contributed by atoms with Crippen LogP contribution in [0.3, 0.4) is 0 Å². The average Bonchev–Trinajstić information content (AvgIpc) is 2.85. The minimum Gasteiger partial charge on any atom is -0.494 e. The fourth-order valence-corrected chi connectivity index (χ4v) is 3.78. The Bertz CT molecular complexity index is 1040. The van der Waals surface area contributed by atoms with Crippen LogP contribution in [0.1, 0.15) is 38.5 Å². The first-order chi connectivity index (χ1) is 17.6. The molecule has 0 bridgehead atoms. The molecule has 1 aliphatic carbocycles. The number of benzene rings is 2. The summed E-state index contributed by atoms with van der Waals surface area (Å²) in [6.07, 6.45) is -1.46. The van der Waals surface area contributed by atoms with Crippen LogP contribution < -0.4 is 24.8 Å². The van der Waals surface area contributed by atoms with Crippen molar-refractivity contribution in [1.29, 1.82) is 0 Å².